The molecule has 0 aliphatic rings. The smallest absolute Gasteiger partial charge is 0.161 e. The molecule has 5 heterocycles. The van der Waals surface area contributed by atoms with Crippen LogP contribution < -0.4 is 4.74 Å². The molecule has 2 N–H and O–H groups in total. The molecule has 1 aromatic carbocycles. The van der Waals surface area contributed by atoms with Crippen molar-refractivity contribution >= 4 is 22.1 Å². The number of halogens is 1. The molecule has 0 unspecified atom stereocenters. The number of H-pyrrole nitrogens is 2. The van der Waals surface area contributed by atoms with Crippen LogP contribution in [0.25, 0.3) is 56.2 Å². The van der Waals surface area contributed by atoms with E-state index in [1.54, 1.807) is 18.5 Å². The number of imidazole rings is 1. The lowest BCUT2D eigenvalue weighted by atomic mass is 10.1. The summed E-state index contributed by atoms with van der Waals surface area (Å²) in [5.74, 6) is 0.562. The molecule has 0 saturated heterocycles. The van der Waals surface area contributed by atoms with E-state index in [2.05, 4.69) is 25.1 Å². The predicted molar refractivity (Wildman–Crippen MR) is 139 cm³/mol. The fraction of sp³-hybridized carbons (Fsp3) is 0.148. The quantitative estimate of drug-likeness (QED) is 0.331. The Morgan fingerprint density at radius 2 is 1.76 bits per heavy atom. The molecule has 0 radical (unpaired) electrons. The Hall–Kier alpha value is -4.70. The minimum Gasteiger partial charge on any atom is -0.492 e. The van der Waals surface area contributed by atoms with Gasteiger partial charge >= 0.3 is 0 Å². The molecule has 0 saturated carbocycles. The molecule has 0 amide bonds. The van der Waals surface area contributed by atoms with Crippen LogP contribution in [0, 0.1) is 5.82 Å². The molecule has 0 atom stereocenters. The normalized spacial score (nSPS) is 11.6. The lowest BCUT2D eigenvalue weighted by Crippen LogP contribution is -2.19. The SMILES string of the molecule is CN(C)CCOc1cc(F)cc(-c2nccc3[nH]c(-c4n[nH]c5ccc(-c6ccccn6)nc45)nc23)c1. The van der Waals surface area contributed by atoms with Crippen molar-refractivity contribution in [1.82, 2.24) is 40.0 Å². The van der Waals surface area contributed by atoms with E-state index < -0.39 is 5.82 Å². The summed E-state index contributed by atoms with van der Waals surface area (Å²) < 4.78 is 20.3. The minimum atomic E-state index is -0.406. The third kappa shape index (κ3) is 4.50. The number of hydrogen-bond donors (Lipinski definition) is 2. The fourth-order valence-electron chi connectivity index (χ4n) is 4.11. The van der Waals surface area contributed by atoms with Crippen LogP contribution in [0.5, 0.6) is 5.75 Å². The van der Waals surface area contributed by atoms with Gasteiger partial charge in [-0.1, -0.05) is 6.07 Å². The van der Waals surface area contributed by atoms with Crippen molar-refractivity contribution in [3.05, 3.63) is 72.8 Å². The summed E-state index contributed by atoms with van der Waals surface area (Å²) >= 11 is 0. The average Bonchev–Trinajstić information content (AvgIpc) is 3.52. The lowest BCUT2D eigenvalue weighted by molar-refractivity contribution is 0.260. The van der Waals surface area contributed by atoms with Gasteiger partial charge in [0, 0.05) is 30.6 Å². The highest BCUT2D eigenvalue weighted by atomic mass is 19.1. The molecule has 0 aliphatic heterocycles. The summed E-state index contributed by atoms with van der Waals surface area (Å²) in [6, 6.07) is 15.9. The van der Waals surface area contributed by atoms with Gasteiger partial charge in [-0.3, -0.25) is 15.1 Å². The summed E-state index contributed by atoms with van der Waals surface area (Å²) in [5, 5.41) is 7.49. The van der Waals surface area contributed by atoms with Gasteiger partial charge in [0.1, 0.15) is 29.2 Å². The van der Waals surface area contributed by atoms with Crippen LogP contribution in [-0.4, -0.2) is 67.3 Å². The van der Waals surface area contributed by atoms with Crippen molar-refractivity contribution in [1.29, 1.82) is 0 Å². The van der Waals surface area contributed by atoms with Crippen LogP contribution in [0.15, 0.2) is 67.0 Å². The maximum absolute atomic E-state index is 14.5. The number of rotatable bonds is 7. The zero-order chi connectivity index (χ0) is 25.4. The van der Waals surface area contributed by atoms with Crippen LogP contribution in [0.2, 0.25) is 0 Å². The summed E-state index contributed by atoms with van der Waals surface area (Å²) in [5.41, 5.74) is 5.97. The van der Waals surface area contributed by atoms with Gasteiger partial charge in [-0.25, -0.2) is 14.4 Å². The van der Waals surface area contributed by atoms with E-state index in [1.807, 2.05) is 55.4 Å². The topological polar surface area (TPSA) is 108 Å². The minimum absolute atomic E-state index is 0.406. The maximum atomic E-state index is 14.5. The fourth-order valence-corrected chi connectivity index (χ4v) is 4.11. The summed E-state index contributed by atoms with van der Waals surface area (Å²) in [6.45, 7) is 1.16. The zero-order valence-electron chi connectivity index (χ0n) is 20.2. The average molecular weight is 495 g/mol. The van der Waals surface area contributed by atoms with E-state index in [0.29, 0.717) is 46.2 Å². The molecule has 0 fully saturated rings. The highest BCUT2D eigenvalue weighted by Gasteiger charge is 2.18. The molecule has 0 bridgehead atoms. The van der Waals surface area contributed by atoms with Crippen molar-refractivity contribution in [2.75, 3.05) is 27.2 Å². The Morgan fingerprint density at radius 3 is 2.59 bits per heavy atom. The number of benzene rings is 1. The molecular weight excluding hydrogens is 471 g/mol. The molecule has 9 nitrogen and oxygen atoms in total. The first-order valence-corrected chi connectivity index (χ1v) is 11.8. The molecule has 184 valence electrons. The van der Waals surface area contributed by atoms with Crippen molar-refractivity contribution in [3.63, 3.8) is 0 Å². The van der Waals surface area contributed by atoms with Crippen molar-refractivity contribution < 1.29 is 9.13 Å². The van der Waals surface area contributed by atoms with Crippen LogP contribution in [0.1, 0.15) is 0 Å². The van der Waals surface area contributed by atoms with Crippen LogP contribution in [0.4, 0.5) is 4.39 Å². The first-order chi connectivity index (χ1) is 18.0. The highest BCUT2D eigenvalue weighted by Crippen LogP contribution is 2.32. The lowest BCUT2D eigenvalue weighted by Gasteiger charge is -2.12. The van der Waals surface area contributed by atoms with Gasteiger partial charge < -0.3 is 14.6 Å². The third-order valence-corrected chi connectivity index (χ3v) is 5.91. The van der Waals surface area contributed by atoms with Gasteiger partial charge in [0.15, 0.2) is 11.5 Å². The Bertz CT molecular complexity index is 1710. The first kappa shape index (κ1) is 22.7. The van der Waals surface area contributed by atoms with E-state index in [1.165, 1.54) is 12.1 Å². The molecule has 5 aromatic heterocycles. The largest absolute Gasteiger partial charge is 0.492 e. The molecule has 6 rings (SSSR count). The number of nitrogens with zero attached hydrogens (tertiary/aromatic N) is 6. The van der Waals surface area contributed by atoms with Gasteiger partial charge in [-0.15, -0.1) is 0 Å². The number of ether oxygens (including phenoxy) is 1. The van der Waals surface area contributed by atoms with E-state index in [4.69, 9.17) is 14.7 Å². The van der Waals surface area contributed by atoms with Gasteiger partial charge in [0.2, 0.25) is 0 Å². The number of fused-ring (bicyclic) bond motifs is 2. The van der Waals surface area contributed by atoms with Crippen LogP contribution in [-0.2, 0) is 0 Å². The monoisotopic (exact) mass is 494 g/mol. The van der Waals surface area contributed by atoms with Crippen molar-refractivity contribution in [3.8, 4) is 39.9 Å². The molecule has 37 heavy (non-hydrogen) atoms. The molecular formula is C27H23FN8O. The second-order valence-corrected chi connectivity index (χ2v) is 8.85. The Labute approximate surface area is 211 Å². The number of nitrogens with one attached hydrogen (secondary N) is 2. The maximum Gasteiger partial charge on any atom is 0.161 e. The number of aromatic nitrogens is 7. The molecule has 6 aromatic rings. The molecule has 0 aliphatic carbocycles. The van der Waals surface area contributed by atoms with E-state index >= 15 is 0 Å². The van der Waals surface area contributed by atoms with Crippen molar-refractivity contribution in [2.24, 2.45) is 0 Å². The number of hydrogen-bond acceptors (Lipinski definition) is 7. The second kappa shape index (κ2) is 9.40. The van der Waals surface area contributed by atoms with Crippen LogP contribution >= 0.6 is 0 Å². The Balaban J connectivity index is 1.41. The van der Waals surface area contributed by atoms with Gasteiger partial charge in [-0.05, 0) is 56.6 Å². The zero-order valence-corrected chi connectivity index (χ0v) is 20.2. The van der Waals surface area contributed by atoms with Gasteiger partial charge in [0.25, 0.3) is 0 Å². The summed E-state index contributed by atoms with van der Waals surface area (Å²) in [4.78, 5) is 23.8. The van der Waals surface area contributed by atoms with Gasteiger partial charge in [-0.2, -0.15) is 5.10 Å². The first-order valence-electron chi connectivity index (χ1n) is 11.8. The second-order valence-electron chi connectivity index (χ2n) is 8.85. The van der Waals surface area contributed by atoms with E-state index in [-0.39, 0.29) is 0 Å². The van der Waals surface area contributed by atoms with Gasteiger partial charge in [0.05, 0.1) is 28.1 Å². The third-order valence-electron chi connectivity index (χ3n) is 5.91. The number of pyridine rings is 3. The Morgan fingerprint density at radius 1 is 0.865 bits per heavy atom. The van der Waals surface area contributed by atoms with E-state index in [0.717, 1.165) is 29.0 Å². The number of likely N-dealkylation sites (N-methyl/N-ethyl adjacent to an activating group) is 1. The summed E-state index contributed by atoms with van der Waals surface area (Å²) in [6.07, 6.45) is 3.40. The molecule has 10 heteroatoms. The highest BCUT2D eigenvalue weighted by molar-refractivity contribution is 5.95. The number of aromatic amines is 2. The molecule has 0 spiro atoms. The predicted octanol–water partition coefficient (Wildman–Crippen LogP) is 4.70. The van der Waals surface area contributed by atoms with Crippen LogP contribution in [0.3, 0.4) is 0 Å². The Kier molecular flexibility index (Phi) is 5.78. The van der Waals surface area contributed by atoms with E-state index in [9.17, 15) is 4.39 Å². The summed E-state index contributed by atoms with van der Waals surface area (Å²) in [7, 11) is 3.91. The van der Waals surface area contributed by atoms with Crippen molar-refractivity contribution in [2.45, 2.75) is 0 Å². The standard InChI is InChI=1S/C27H23FN8O/c1-36(2)11-12-37-18-14-16(13-17(28)15-18)23-24-21(8-10-30-23)32-27(33-24)26-25-22(34-35-26)7-6-20(31-25)19-5-3-4-9-29-19/h3-10,13-15H,11-12H2,1-2H3,(H,32,33)(H,34,35).